The van der Waals surface area contributed by atoms with Gasteiger partial charge in [0.15, 0.2) is 0 Å². The van der Waals surface area contributed by atoms with Crippen molar-refractivity contribution in [2.75, 3.05) is 4.72 Å². The highest BCUT2D eigenvalue weighted by atomic mass is 32.2. The molecule has 0 aliphatic heterocycles. The van der Waals surface area contributed by atoms with E-state index >= 15 is 0 Å². The van der Waals surface area contributed by atoms with Crippen molar-refractivity contribution in [2.45, 2.75) is 39.5 Å². The fourth-order valence-electron chi connectivity index (χ4n) is 2.53. The van der Waals surface area contributed by atoms with Gasteiger partial charge in [0.05, 0.1) is 11.1 Å². The zero-order chi connectivity index (χ0) is 15.9. The highest BCUT2D eigenvalue weighted by molar-refractivity contribution is 7.92. The molecule has 0 unspecified atom stereocenters. The van der Waals surface area contributed by atoms with Crippen LogP contribution in [-0.2, 0) is 17.1 Å². The maximum Gasteiger partial charge on any atom is 0.263 e. The minimum absolute atomic E-state index is 0.365. The molecule has 1 aromatic carbocycles. The summed E-state index contributed by atoms with van der Waals surface area (Å²) in [5.74, 6) is 0.449. The largest absolute Gasteiger partial charge is 0.264 e. The molecule has 1 aromatic heterocycles. The average Bonchev–Trinajstić information content (AvgIpc) is 2.79. The lowest BCUT2D eigenvalue weighted by molar-refractivity contribution is 0.598. The van der Waals surface area contributed by atoms with E-state index < -0.39 is 10.0 Å². The predicted octanol–water partition coefficient (Wildman–Crippen LogP) is 2.76. The maximum atomic E-state index is 12.8. The van der Waals surface area contributed by atoms with Crippen LogP contribution in [0, 0.1) is 34.6 Å². The van der Waals surface area contributed by atoms with Gasteiger partial charge < -0.3 is 0 Å². The summed E-state index contributed by atoms with van der Waals surface area (Å²) in [5.41, 5.74) is 4.77. The number of hydrogen-bond acceptors (Lipinski definition) is 3. The van der Waals surface area contributed by atoms with Crippen molar-refractivity contribution in [3.8, 4) is 0 Å². The first-order chi connectivity index (χ1) is 9.66. The van der Waals surface area contributed by atoms with E-state index in [1.54, 1.807) is 19.3 Å². The molecule has 1 heterocycles. The molecule has 114 valence electrons. The first-order valence-corrected chi connectivity index (χ1v) is 8.23. The zero-order valence-electron chi connectivity index (χ0n) is 13.3. The van der Waals surface area contributed by atoms with Crippen LogP contribution in [0.1, 0.15) is 27.8 Å². The van der Waals surface area contributed by atoms with Crippen LogP contribution >= 0.6 is 0 Å². The third kappa shape index (κ3) is 2.55. The van der Waals surface area contributed by atoms with Gasteiger partial charge in [-0.05, 0) is 62.4 Å². The van der Waals surface area contributed by atoms with E-state index in [0.717, 1.165) is 27.8 Å². The van der Waals surface area contributed by atoms with Crippen LogP contribution in [0.2, 0.25) is 0 Å². The molecule has 0 saturated heterocycles. The molecule has 2 aromatic rings. The van der Waals surface area contributed by atoms with Crippen molar-refractivity contribution in [3.05, 3.63) is 40.1 Å². The van der Waals surface area contributed by atoms with Crippen molar-refractivity contribution >= 4 is 15.8 Å². The van der Waals surface area contributed by atoms with Gasteiger partial charge in [-0.1, -0.05) is 0 Å². The molecule has 0 saturated carbocycles. The summed E-state index contributed by atoms with van der Waals surface area (Å²) in [6, 6.07) is 1.64. The summed E-state index contributed by atoms with van der Waals surface area (Å²) in [5, 5.41) is 3.98. The molecule has 0 aliphatic rings. The van der Waals surface area contributed by atoms with Gasteiger partial charge in [0.2, 0.25) is 0 Å². The number of benzene rings is 1. The molecule has 0 aliphatic carbocycles. The van der Waals surface area contributed by atoms with Gasteiger partial charge in [0.1, 0.15) is 5.82 Å². The number of rotatable bonds is 3. The van der Waals surface area contributed by atoms with Crippen LogP contribution in [0.3, 0.4) is 0 Å². The number of sulfonamides is 1. The van der Waals surface area contributed by atoms with Gasteiger partial charge in [0, 0.05) is 13.1 Å². The summed E-state index contributed by atoms with van der Waals surface area (Å²) in [6.45, 7) is 9.65. The van der Waals surface area contributed by atoms with Gasteiger partial charge in [0.25, 0.3) is 10.0 Å². The molecule has 0 radical (unpaired) electrons. The highest BCUT2D eigenvalue weighted by Crippen LogP contribution is 2.30. The Morgan fingerprint density at radius 1 is 0.952 bits per heavy atom. The number of nitrogens with zero attached hydrogens (tertiary/aromatic N) is 2. The van der Waals surface area contributed by atoms with Crippen molar-refractivity contribution in [2.24, 2.45) is 7.05 Å². The normalized spacial score (nSPS) is 11.7. The highest BCUT2D eigenvalue weighted by Gasteiger charge is 2.24. The van der Waals surface area contributed by atoms with Crippen molar-refractivity contribution in [3.63, 3.8) is 0 Å². The maximum absolute atomic E-state index is 12.8. The van der Waals surface area contributed by atoms with E-state index in [4.69, 9.17) is 0 Å². The fraction of sp³-hybridized carbons (Fsp3) is 0.400. The quantitative estimate of drug-likeness (QED) is 0.948. The predicted molar refractivity (Wildman–Crippen MR) is 84.1 cm³/mol. The monoisotopic (exact) mass is 307 g/mol. The number of aromatic nitrogens is 2. The van der Waals surface area contributed by atoms with Crippen molar-refractivity contribution in [1.82, 2.24) is 9.78 Å². The third-order valence-electron chi connectivity index (χ3n) is 4.26. The Balaban J connectivity index is 2.64. The average molecular weight is 307 g/mol. The molecule has 1 N–H and O–H groups in total. The Labute approximate surface area is 126 Å². The number of hydrogen-bond donors (Lipinski definition) is 1. The molecule has 0 spiro atoms. The van der Waals surface area contributed by atoms with Gasteiger partial charge in [-0.25, -0.2) is 8.42 Å². The molecule has 2 rings (SSSR count). The Hall–Kier alpha value is -1.82. The topological polar surface area (TPSA) is 64.0 Å². The Kier molecular flexibility index (Phi) is 3.84. The van der Waals surface area contributed by atoms with Gasteiger partial charge in [-0.15, -0.1) is 0 Å². The van der Waals surface area contributed by atoms with E-state index in [0.29, 0.717) is 10.7 Å². The second-order valence-electron chi connectivity index (χ2n) is 5.40. The van der Waals surface area contributed by atoms with E-state index in [2.05, 4.69) is 9.82 Å². The molecular formula is C15H21N3O2S. The van der Waals surface area contributed by atoms with Crippen LogP contribution < -0.4 is 4.72 Å². The second kappa shape index (κ2) is 5.18. The van der Waals surface area contributed by atoms with Crippen LogP contribution in [0.4, 0.5) is 5.82 Å². The SMILES string of the molecule is Cc1c(C)c(C)c(S(=O)(=O)Nc2ccnn2C)c(C)c1C. The summed E-state index contributed by atoms with van der Waals surface area (Å²) in [7, 11) is -1.94. The van der Waals surface area contributed by atoms with Gasteiger partial charge in [-0.2, -0.15) is 5.10 Å². The van der Waals surface area contributed by atoms with Crippen molar-refractivity contribution < 1.29 is 8.42 Å². The third-order valence-corrected chi connectivity index (χ3v) is 5.89. The van der Waals surface area contributed by atoms with Crippen LogP contribution in [0.15, 0.2) is 17.2 Å². The molecule has 0 bridgehead atoms. The van der Waals surface area contributed by atoms with Crippen LogP contribution in [0.5, 0.6) is 0 Å². The first kappa shape index (κ1) is 15.6. The van der Waals surface area contributed by atoms with Crippen LogP contribution in [0.25, 0.3) is 0 Å². The summed E-state index contributed by atoms with van der Waals surface area (Å²) >= 11 is 0. The fourth-order valence-corrected chi connectivity index (χ4v) is 4.22. The van der Waals surface area contributed by atoms with E-state index in [9.17, 15) is 8.42 Å². The van der Waals surface area contributed by atoms with Crippen LogP contribution in [-0.4, -0.2) is 18.2 Å². The summed E-state index contributed by atoms with van der Waals surface area (Å²) in [6.07, 6.45) is 1.56. The lowest BCUT2D eigenvalue weighted by Crippen LogP contribution is -2.19. The lowest BCUT2D eigenvalue weighted by atomic mass is 9.95. The number of aryl methyl sites for hydroxylation is 1. The van der Waals surface area contributed by atoms with Crippen molar-refractivity contribution in [1.29, 1.82) is 0 Å². The summed E-state index contributed by atoms with van der Waals surface area (Å²) in [4.78, 5) is 0.365. The van der Waals surface area contributed by atoms with E-state index in [1.165, 1.54) is 4.68 Å². The Bertz CT molecular complexity index is 776. The Morgan fingerprint density at radius 3 is 1.86 bits per heavy atom. The molecule has 5 nitrogen and oxygen atoms in total. The molecule has 0 atom stereocenters. The molecule has 0 amide bonds. The van der Waals surface area contributed by atoms with Gasteiger partial charge >= 0.3 is 0 Å². The van der Waals surface area contributed by atoms with Gasteiger partial charge in [-0.3, -0.25) is 9.40 Å². The van der Waals surface area contributed by atoms with E-state index in [1.807, 2.05) is 34.6 Å². The minimum atomic E-state index is -3.64. The lowest BCUT2D eigenvalue weighted by Gasteiger charge is -2.19. The standard InChI is InChI=1S/C15H21N3O2S/c1-9-10(2)12(4)15(13(5)11(9)3)21(19,20)17-14-7-8-16-18(14)6/h7-8,17H,1-6H3. The molecular weight excluding hydrogens is 286 g/mol. The minimum Gasteiger partial charge on any atom is -0.264 e. The molecule has 6 heteroatoms. The Morgan fingerprint density at radius 2 is 1.43 bits per heavy atom. The van der Waals surface area contributed by atoms with E-state index in [-0.39, 0.29) is 0 Å². The summed E-state index contributed by atoms with van der Waals surface area (Å²) < 4.78 is 29.6. The second-order valence-corrected chi connectivity index (χ2v) is 7.02. The number of anilines is 1. The molecule has 0 fully saturated rings. The first-order valence-electron chi connectivity index (χ1n) is 6.74. The molecule has 21 heavy (non-hydrogen) atoms. The zero-order valence-corrected chi connectivity index (χ0v) is 14.1. The number of nitrogens with one attached hydrogen (secondary N) is 1. The smallest absolute Gasteiger partial charge is 0.263 e.